The molecule has 2 nitrogen and oxygen atoms in total. The first-order chi connectivity index (χ1) is 8.67. The lowest BCUT2D eigenvalue weighted by molar-refractivity contribution is 0.289. The van der Waals surface area contributed by atoms with E-state index in [0.29, 0.717) is 28.6 Å². The van der Waals surface area contributed by atoms with Gasteiger partial charge in [0.05, 0.1) is 0 Å². The summed E-state index contributed by atoms with van der Waals surface area (Å²) in [6.45, 7) is 1.95. The Kier molecular flexibility index (Phi) is 6.81. The molecule has 0 amide bonds. The van der Waals surface area contributed by atoms with Crippen molar-refractivity contribution in [3.05, 3.63) is 35.1 Å². The molecule has 4 heteroatoms. The highest BCUT2D eigenvalue weighted by atomic mass is 32.2. The minimum Gasteiger partial charge on any atom is -0.396 e. The van der Waals surface area contributed by atoms with E-state index in [4.69, 9.17) is 10.2 Å². The number of hydrogen-bond donors (Lipinski definition) is 2. The largest absolute Gasteiger partial charge is 0.396 e. The molecule has 18 heavy (non-hydrogen) atoms. The molecule has 0 radical (unpaired) electrons. The van der Waals surface area contributed by atoms with E-state index in [1.807, 2.05) is 6.92 Å². The topological polar surface area (TPSA) is 40.5 Å². The molecule has 1 rings (SSSR count). The van der Waals surface area contributed by atoms with E-state index >= 15 is 0 Å². The van der Waals surface area contributed by atoms with Crippen LogP contribution in [0.1, 0.15) is 24.5 Å². The average molecular weight is 268 g/mol. The first-order valence-electron chi connectivity index (χ1n) is 5.78. The molecule has 0 bridgehead atoms. The summed E-state index contributed by atoms with van der Waals surface area (Å²) in [6, 6.07) is 4.85. The number of aliphatic hydroxyl groups is 2. The van der Waals surface area contributed by atoms with Crippen LogP contribution in [0.15, 0.2) is 18.2 Å². The normalized spacial score (nSPS) is 11.8. The van der Waals surface area contributed by atoms with E-state index < -0.39 is 0 Å². The average Bonchev–Trinajstić information content (AvgIpc) is 2.35. The van der Waals surface area contributed by atoms with Crippen molar-refractivity contribution in [3.8, 4) is 11.8 Å². The van der Waals surface area contributed by atoms with Gasteiger partial charge in [-0.05, 0) is 24.1 Å². The van der Waals surface area contributed by atoms with Crippen molar-refractivity contribution in [1.82, 2.24) is 0 Å². The zero-order valence-corrected chi connectivity index (χ0v) is 11.1. The number of aliphatic hydroxyl groups excluding tert-OH is 2. The van der Waals surface area contributed by atoms with Gasteiger partial charge in [-0.25, -0.2) is 4.39 Å². The molecular formula is C14H17FO2S. The van der Waals surface area contributed by atoms with Gasteiger partial charge in [0.2, 0.25) is 0 Å². The zero-order valence-electron chi connectivity index (χ0n) is 10.3. The zero-order chi connectivity index (χ0) is 13.4. The van der Waals surface area contributed by atoms with Crippen LogP contribution in [0.2, 0.25) is 0 Å². The van der Waals surface area contributed by atoms with Crippen LogP contribution in [0.25, 0.3) is 0 Å². The predicted octanol–water partition coefficient (Wildman–Crippen LogP) is 2.17. The second kappa shape index (κ2) is 8.15. The molecule has 1 unspecified atom stereocenters. The number of halogens is 1. The van der Waals surface area contributed by atoms with Gasteiger partial charge < -0.3 is 10.2 Å². The summed E-state index contributed by atoms with van der Waals surface area (Å²) in [5, 5.41) is 17.6. The summed E-state index contributed by atoms with van der Waals surface area (Å²) in [4.78, 5) is 0. The van der Waals surface area contributed by atoms with E-state index in [-0.39, 0.29) is 19.0 Å². The van der Waals surface area contributed by atoms with Gasteiger partial charge in [0.1, 0.15) is 12.4 Å². The Hall–Kier alpha value is -1.02. The summed E-state index contributed by atoms with van der Waals surface area (Å²) >= 11 is 1.62. The Morgan fingerprint density at radius 3 is 2.78 bits per heavy atom. The standard InChI is InChI=1S/C14H17FO2S/c1-11(6-8-17)18-10-13-5-4-12(3-2-7-16)9-14(13)15/h4-5,9,11,16-17H,6-8,10H2,1H3. The summed E-state index contributed by atoms with van der Waals surface area (Å²) in [5.74, 6) is 5.46. The van der Waals surface area contributed by atoms with Crippen LogP contribution in [0, 0.1) is 17.7 Å². The van der Waals surface area contributed by atoms with Crippen molar-refractivity contribution < 1.29 is 14.6 Å². The smallest absolute Gasteiger partial charge is 0.128 e. The van der Waals surface area contributed by atoms with Gasteiger partial charge in [-0.1, -0.05) is 24.8 Å². The van der Waals surface area contributed by atoms with Crippen molar-refractivity contribution in [2.45, 2.75) is 24.3 Å². The van der Waals surface area contributed by atoms with Crippen molar-refractivity contribution in [1.29, 1.82) is 0 Å². The second-order valence-electron chi connectivity index (χ2n) is 3.90. The maximum absolute atomic E-state index is 13.7. The number of rotatable bonds is 5. The van der Waals surface area contributed by atoms with Gasteiger partial charge in [-0.3, -0.25) is 0 Å². The molecule has 0 aliphatic carbocycles. The van der Waals surface area contributed by atoms with Gasteiger partial charge in [-0.2, -0.15) is 11.8 Å². The molecule has 0 fully saturated rings. The summed E-state index contributed by atoms with van der Waals surface area (Å²) in [6.07, 6.45) is 0.715. The van der Waals surface area contributed by atoms with E-state index in [1.54, 1.807) is 23.9 Å². The van der Waals surface area contributed by atoms with Crippen LogP contribution in [-0.2, 0) is 5.75 Å². The third-order valence-corrected chi connectivity index (χ3v) is 3.71. The first-order valence-corrected chi connectivity index (χ1v) is 6.83. The minimum absolute atomic E-state index is 0.159. The Morgan fingerprint density at radius 1 is 1.39 bits per heavy atom. The molecule has 98 valence electrons. The predicted molar refractivity (Wildman–Crippen MR) is 72.8 cm³/mol. The molecule has 1 aromatic rings. The van der Waals surface area contributed by atoms with E-state index in [2.05, 4.69) is 11.8 Å². The first kappa shape index (κ1) is 15.0. The van der Waals surface area contributed by atoms with Gasteiger partial charge in [0.25, 0.3) is 0 Å². The molecule has 0 aliphatic heterocycles. The van der Waals surface area contributed by atoms with Crippen LogP contribution in [0.3, 0.4) is 0 Å². The molecule has 2 N–H and O–H groups in total. The fraction of sp³-hybridized carbons (Fsp3) is 0.429. The number of hydrogen-bond acceptors (Lipinski definition) is 3. The monoisotopic (exact) mass is 268 g/mol. The Bertz CT molecular complexity index is 437. The second-order valence-corrected chi connectivity index (χ2v) is 5.33. The third kappa shape index (κ3) is 5.09. The van der Waals surface area contributed by atoms with E-state index in [0.717, 1.165) is 0 Å². The fourth-order valence-electron chi connectivity index (χ4n) is 1.38. The van der Waals surface area contributed by atoms with Crippen molar-refractivity contribution in [2.24, 2.45) is 0 Å². The van der Waals surface area contributed by atoms with Gasteiger partial charge in [0, 0.05) is 23.2 Å². The molecule has 0 heterocycles. The highest BCUT2D eigenvalue weighted by Gasteiger charge is 2.06. The molecule has 0 aromatic heterocycles. The SMILES string of the molecule is CC(CCO)SCc1ccc(C#CCO)cc1F. The fourth-order valence-corrected chi connectivity index (χ4v) is 2.35. The van der Waals surface area contributed by atoms with Crippen LogP contribution < -0.4 is 0 Å². The van der Waals surface area contributed by atoms with Crippen LogP contribution in [-0.4, -0.2) is 28.7 Å². The molecule has 0 saturated carbocycles. The third-order valence-electron chi connectivity index (χ3n) is 2.42. The molecule has 1 aromatic carbocycles. The maximum atomic E-state index is 13.7. The summed E-state index contributed by atoms with van der Waals surface area (Å²) in [7, 11) is 0. The number of benzene rings is 1. The summed E-state index contributed by atoms with van der Waals surface area (Å²) < 4.78 is 13.7. The Balaban J connectivity index is 2.62. The van der Waals surface area contributed by atoms with Crippen molar-refractivity contribution in [2.75, 3.05) is 13.2 Å². The highest BCUT2D eigenvalue weighted by Crippen LogP contribution is 2.22. The lowest BCUT2D eigenvalue weighted by Gasteiger charge is -2.09. The summed E-state index contributed by atoms with van der Waals surface area (Å²) in [5.41, 5.74) is 1.21. The van der Waals surface area contributed by atoms with E-state index in [9.17, 15) is 4.39 Å². The molecule has 0 spiro atoms. The van der Waals surface area contributed by atoms with Crippen molar-refractivity contribution in [3.63, 3.8) is 0 Å². The molecular weight excluding hydrogens is 251 g/mol. The Labute approximate surface area is 111 Å². The quantitative estimate of drug-likeness (QED) is 0.804. The maximum Gasteiger partial charge on any atom is 0.128 e. The van der Waals surface area contributed by atoms with Crippen LogP contribution >= 0.6 is 11.8 Å². The van der Waals surface area contributed by atoms with Gasteiger partial charge in [-0.15, -0.1) is 0 Å². The van der Waals surface area contributed by atoms with Crippen LogP contribution in [0.4, 0.5) is 4.39 Å². The van der Waals surface area contributed by atoms with Gasteiger partial charge in [0.15, 0.2) is 0 Å². The van der Waals surface area contributed by atoms with Gasteiger partial charge >= 0.3 is 0 Å². The number of thioether (sulfide) groups is 1. The van der Waals surface area contributed by atoms with Crippen LogP contribution in [0.5, 0.6) is 0 Å². The van der Waals surface area contributed by atoms with Crippen molar-refractivity contribution >= 4 is 11.8 Å². The molecule has 0 saturated heterocycles. The molecule has 1 atom stereocenters. The van der Waals surface area contributed by atoms with E-state index in [1.165, 1.54) is 6.07 Å². The highest BCUT2D eigenvalue weighted by molar-refractivity contribution is 7.99. The lowest BCUT2D eigenvalue weighted by atomic mass is 10.1. The lowest BCUT2D eigenvalue weighted by Crippen LogP contribution is -2.00. The minimum atomic E-state index is -0.275. The Morgan fingerprint density at radius 2 is 2.17 bits per heavy atom. The molecule has 0 aliphatic rings.